The van der Waals surface area contributed by atoms with Gasteiger partial charge in [0.05, 0.1) is 12.2 Å². The second-order valence-electron chi connectivity index (χ2n) is 6.56. The summed E-state index contributed by atoms with van der Waals surface area (Å²) < 4.78 is 4.30. The Balaban J connectivity index is 1.95. The SMILES string of the molecule is O=C(O)N1CCC(CCN(Cc2cc(Br)ccn2)C(=O)OCC(Cl)(Cl)Cl)CC1. The van der Waals surface area contributed by atoms with E-state index in [1.807, 2.05) is 6.07 Å². The van der Waals surface area contributed by atoms with Crippen LogP contribution in [0.3, 0.4) is 0 Å². The van der Waals surface area contributed by atoms with Crippen molar-refractivity contribution in [2.75, 3.05) is 26.2 Å². The van der Waals surface area contributed by atoms with Gasteiger partial charge in [0.15, 0.2) is 0 Å². The van der Waals surface area contributed by atoms with Gasteiger partial charge in [-0.3, -0.25) is 4.98 Å². The summed E-state index contributed by atoms with van der Waals surface area (Å²) in [4.78, 5) is 30.7. The van der Waals surface area contributed by atoms with Crippen LogP contribution in [0.4, 0.5) is 9.59 Å². The van der Waals surface area contributed by atoms with E-state index in [0.29, 0.717) is 31.2 Å². The fourth-order valence-electron chi connectivity index (χ4n) is 2.95. The van der Waals surface area contributed by atoms with Crippen molar-refractivity contribution in [2.24, 2.45) is 5.92 Å². The van der Waals surface area contributed by atoms with Gasteiger partial charge in [0, 0.05) is 30.3 Å². The van der Waals surface area contributed by atoms with E-state index in [1.54, 1.807) is 12.3 Å². The number of carbonyl (C=O) groups excluding carboxylic acids is 1. The van der Waals surface area contributed by atoms with Gasteiger partial charge in [0.1, 0.15) is 6.61 Å². The average molecular weight is 518 g/mol. The van der Waals surface area contributed by atoms with Gasteiger partial charge in [0.2, 0.25) is 3.79 Å². The third-order valence-electron chi connectivity index (χ3n) is 4.44. The van der Waals surface area contributed by atoms with Gasteiger partial charge in [-0.05, 0) is 37.3 Å². The summed E-state index contributed by atoms with van der Waals surface area (Å²) in [5.74, 6) is 0.328. The number of ether oxygens (including phenoxy) is 1. The smallest absolute Gasteiger partial charge is 0.410 e. The molecule has 1 aromatic rings. The van der Waals surface area contributed by atoms with Crippen molar-refractivity contribution in [1.29, 1.82) is 0 Å². The predicted molar refractivity (Wildman–Crippen MR) is 111 cm³/mol. The van der Waals surface area contributed by atoms with Crippen molar-refractivity contribution >= 4 is 62.9 Å². The Morgan fingerprint density at radius 3 is 2.61 bits per heavy atom. The number of nitrogens with zero attached hydrogens (tertiary/aromatic N) is 3. The molecule has 156 valence electrons. The van der Waals surface area contributed by atoms with Gasteiger partial charge < -0.3 is 19.6 Å². The van der Waals surface area contributed by atoms with Crippen LogP contribution in [0.15, 0.2) is 22.8 Å². The summed E-state index contributed by atoms with van der Waals surface area (Å²) in [6, 6.07) is 3.62. The van der Waals surface area contributed by atoms with E-state index in [4.69, 9.17) is 44.6 Å². The minimum Gasteiger partial charge on any atom is -0.465 e. The van der Waals surface area contributed by atoms with Gasteiger partial charge in [0.25, 0.3) is 0 Å². The number of likely N-dealkylation sites (tertiary alicyclic amines) is 1. The third-order valence-corrected chi connectivity index (χ3v) is 5.26. The lowest BCUT2D eigenvalue weighted by Crippen LogP contribution is -2.39. The molecule has 1 N–H and O–H groups in total. The van der Waals surface area contributed by atoms with Crippen molar-refractivity contribution in [2.45, 2.75) is 29.6 Å². The first-order chi connectivity index (χ1) is 13.1. The summed E-state index contributed by atoms with van der Waals surface area (Å²) >= 11 is 20.4. The Kier molecular flexibility index (Phi) is 8.92. The highest BCUT2D eigenvalue weighted by molar-refractivity contribution is 9.10. The number of aromatic nitrogens is 1. The van der Waals surface area contributed by atoms with Gasteiger partial charge in [-0.25, -0.2) is 9.59 Å². The zero-order valence-electron chi connectivity index (χ0n) is 15.0. The van der Waals surface area contributed by atoms with E-state index in [0.717, 1.165) is 23.7 Å². The minimum absolute atomic E-state index is 0.256. The molecule has 11 heteroatoms. The first kappa shape index (κ1) is 23.3. The molecule has 0 bridgehead atoms. The van der Waals surface area contributed by atoms with Gasteiger partial charge in [-0.2, -0.15) is 0 Å². The van der Waals surface area contributed by atoms with E-state index < -0.39 is 16.0 Å². The molecule has 0 saturated carbocycles. The highest BCUT2D eigenvalue weighted by Gasteiger charge is 2.27. The maximum absolute atomic E-state index is 12.5. The summed E-state index contributed by atoms with van der Waals surface area (Å²) in [6.07, 6.45) is 2.42. The number of carbonyl (C=O) groups is 2. The number of carboxylic acid groups (broad SMARTS) is 1. The lowest BCUT2D eigenvalue weighted by molar-refractivity contribution is 0.0939. The molecule has 0 spiro atoms. The van der Waals surface area contributed by atoms with Crippen LogP contribution in [-0.2, 0) is 11.3 Å². The Hall–Kier alpha value is -0.960. The Bertz CT molecular complexity index is 682. The molecule has 2 amide bonds. The van der Waals surface area contributed by atoms with Crippen molar-refractivity contribution in [3.63, 3.8) is 0 Å². The van der Waals surface area contributed by atoms with Crippen LogP contribution in [0, 0.1) is 5.92 Å². The molecule has 0 aliphatic carbocycles. The molecule has 0 atom stereocenters. The second kappa shape index (κ2) is 10.7. The number of amides is 2. The monoisotopic (exact) mass is 515 g/mol. The summed E-state index contributed by atoms with van der Waals surface area (Å²) in [7, 11) is 0. The first-order valence-electron chi connectivity index (χ1n) is 8.71. The molecule has 2 heterocycles. The molecule has 1 aromatic heterocycles. The number of rotatable bonds is 6. The number of piperidine rings is 1. The van der Waals surface area contributed by atoms with Gasteiger partial charge >= 0.3 is 12.2 Å². The number of hydrogen-bond acceptors (Lipinski definition) is 4. The summed E-state index contributed by atoms with van der Waals surface area (Å²) in [5.41, 5.74) is 0.695. The Morgan fingerprint density at radius 1 is 1.36 bits per heavy atom. The van der Waals surface area contributed by atoms with E-state index in [-0.39, 0.29) is 13.2 Å². The maximum atomic E-state index is 12.5. The highest BCUT2D eigenvalue weighted by Crippen LogP contribution is 2.27. The van der Waals surface area contributed by atoms with Crippen LogP contribution in [0.25, 0.3) is 0 Å². The largest absolute Gasteiger partial charge is 0.465 e. The fourth-order valence-corrected chi connectivity index (χ4v) is 3.50. The molecule has 7 nitrogen and oxygen atoms in total. The van der Waals surface area contributed by atoms with Crippen molar-refractivity contribution in [3.05, 3.63) is 28.5 Å². The van der Waals surface area contributed by atoms with E-state index in [1.165, 1.54) is 9.80 Å². The minimum atomic E-state index is -1.68. The number of halogens is 4. The molecule has 2 rings (SSSR count). The van der Waals surface area contributed by atoms with Crippen molar-refractivity contribution < 1.29 is 19.4 Å². The van der Waals surface area contributed by atoms with Gasteiger partial charge in [-0.1, -0.05) is 50.7 Å². The Morgan fingerprint density at radius 2 is 2.04 bits per heavy atom. The highest BCUT2D eigenvalue weighted by atomic mass is 79.9. The van der Waals surface area contributed by atoms with Crippen LogP contribution in [0.1, 0.15) is 25.0 Å². The van der Waals surface area contributed by atoms with Crippen molar-refractivity contribution in [3.8, 4) is 0 Å². The normalized spacial score (nSPS) is 15.4. The molecular weight excluding hydrogens is 496 g/mol. The first-order valence-corrected chi connectivity index (χ1v) is 10.6. The summed E-state index contributed by atoms with van der Waals surface area (Å²) in [5, 5.41) is 9.04. The molecule has 1 aliphatic heterocycles. The molecule has 1 fully saturated rings. The quantitative estimate of drug-likeness (QED) is 0.541. The number of alkyl halides is 3. The molecule has 28 heavy (non-hydrogen) atoms. The number of hydrogen-bond donors (Lipinski definition) is 1. The molecule has 1 saturated heterocycles. The standard InChI is InChI=1S/C17H21BrCl3N3O4/c18-13-1-5-22-14(9-13)10-24(16(27)28-11-17(19,20)21)8-4-12-2-6-23(7-3-12)15(25)26/h1,5,9,12H,2-4,6-8,10-11H2,(H,25,26). The second-order valence-corrected chi connectivity index (χ2v) is 9.99. The van der Waals surface area contributed by atoms with Gasteiger partial charge in [-0.15, -0.1) is 0 Å². The maximum Gasteiger partial charge on any atom is 0.410 e. The molecular formula is C17H21BrCl3N3O4. The third kappa shape index (κ3) is 8.19. The van der Waals surface area contributed by atoms with Crippen LogP contribution < -0.4 is 0 Å². The lowest BCUT2D eigenvalue weighted by atomic mass is 9.93. The molecule has 0 radical (unpaired) electrons. The number of pyridine rings is 1. The summed E-state index contributed by atoms with van der Waals surface area (Å²) in [6.45, 7) is 1.35. The predicted octanol–water partition coefficient (Wildman–Crippen LogP) is 4.93. The molecule has 0 unspecified atom stereocenters. The van der Waals surface area contributed by atoms with E-state index in [9.17, 15) is 9.59 Å². The van der Waals surface area contributed by atoms with E-state index >= 15 is 0 Å². The Labute approximate surface area is 187 Å². The molecule has 0 aromatic carbocycles. The van der Waals surface area contributed by atoms with Crippen molar-refractivity contribution in [1.82, 2.24) is 14.8 Å². The fraction of sp³-hybridized carbons (Fsp3) is 0.588. The average Bonchev–Trinajstić information content (AvgIpc) is 2.63. The lowest BCUT2D eigenvalue weighted by Gasteiger charge is -2.31. The zero-order valence-corrected chi connectivity index (χ0v) is 18.8. The molecule has 1 aliphatic rings. The topological polar surface area (TPSA) is 83.0 Å². The van der Waals surface area contributed by atoms with Crippen LogP contribution in [0.2, 0.25) is 0 Å². The van der Waals surface area contributed by atoms with Crippen LogP contribution >= 0.6 is 50.7 Å². The van der Waals surface area contributed by atoms with Crippen LogP contribution in [-0.4, -0.2) is 62.1 Å². The van der Waals surface area contributed by atoms with E-state index in [2.05, 4.69) is 20.9 Å². The zero-order chi connectivity index (χ0) is 20.7. The van der Waals surface area contributed by atoms with Crippen LogP contribution in [0.5, 0.6) is 0 Å².